The molecule has 0 bridgehead atoms. The maximum absolute atomic E-state index is 9.30. The van der Waals surface area contributed by atoms with Crippen LogP contribution in [0.1, 0.15) is 72.2 Å². The van der Waals surface area contributed by atoms with E-state index in [1.807, 2.05) is 24.5 Å². The van der Waals surface area contributed by atoms with Gasteiger partial charge in [-0.3, -0.25) is 30.0 Å². The smallest absolute Gasteiger partial charge is 0.147 e. The van der Waals surface area contributed by atoms with Crippen LogP contribution in [0.5, 0.6) is 11.5 Å². The predicted octanol–water partition coefficient (Wildman–Crippen LogP) is 8.69. The fraction of sp³-hybridized carbons (Fsp3) is 0.424. The Morgan fingerprint density at radius 2 is 1.21 bits per heavy atom. The van der Waals surface area contributed by atoms with Crippen LogP contribution in [0.4, 0.5) is 0 Å². The zero-order chi connectivity index (χ0) is 48.8. The number of aliphatic hydroxyl groups excluding tert-OH is 1. The number of rotatable bonds is 11. The number of aromatic nitrogens is 8. The summed E-state index contributed by atoms with van der Waals surface area (Å²) in [5.74, 6) is 2.92. The average Bonchev–Trinajstić information content (AvgIpc) is 3.94. The molecule has 7 aliphatic rings. The van der Waals surface area contributed by atoms with Gasteiger partial charge in [-0.2, -0.15) is 10.2 Å². The van der Waals surface area contributed by atoms with Crippen LogP contribution in [0.2, 0.25) is 0 Å². The minimum absolute atomic E-state index is 0.161. The second kappa shape index (κ2) is 17.8. The largest absolute Gasteiger partial charge is 0.494 e. The number of nitrogens with one attached hydrogen (secondary N) is 2. The topological polar surface area (TPSA) is 163 Å². The third-order valence-electron chi connectivity index (χ3n) is 17.8. The lowest BCUT2D eigenvalue weighted by molar-refractivity contribution is 0.0378. The third kappa shape index (κ3) is 7.57. The molecule has 3 aliphatic heterocycles. The van der Waals surface area contributed by atoms with Gasteiger partial charge in [0.05, 0.1) is 31.9 Å². The lowest BCUT2D eigenvalue weighted by Crippen LogP contribution is -2.40. The molecule has 4 aliphatic carbocycles. The summed E-state index contributed by atoms with van der Waals surface area (Å²) >= 11 is 0. The Balaban J connectivity index is 0.000000136. The number of aromatic amines is 2. The summed E-state index contributed by atoms with van der Waals surface area (Å²) in [7, 11) is 3.41. The molecular formula is C59H62N10O4. The summed E-state index contributed by atoms with van der Waals surface area (Å²) < 4.78 is 17.1. The van der Waals surface area contributed by atoms with E-state index in [4.69, 9.17) is 34.1 Å². The van der Waals surface area contributed by atoms with Crippen LogP contribution >= 0.6 is 0 Å². The second-order valence-corrected chi connectivity index (χ2v) is 21.8. The number of nitrogens with zero attached hydrogens (tertiary/aromatic N) is 8. The van der Waals surface area contributed by atoms with Gasteiger partial charge in [0.2, 0.25) is 0 Å². The molecule has 2 aromatic carbocycles. The first-order chi connectivity index (χ1) is 35.9. The van der Waals surface area contributed by atoms with Crippen molar-refractivity contribution < 1.29 is 19.3 Å². The Kier molecular flexibility index (Phi) is 11.0. The molecule has 4 atom stereocenters. The van der Waals surface area contributed by atoms with E-state index in [0.29, 0.717) is 12.0 Å². The second-order valence-electron chi connectivity index (χ2n) is 21.8. The number of pyridine rings is 4. The number of aryl methyl sites for hydroxylation is 2. The molecule has 2 saturated carbocycles. The highest BCUT2D eigenvalue weighted by molar-refractivity contribution is 5.94. The van der Waals surface area contributed by atoms with E-state index in [1.165, 1.54) is 65.7 Å². The molecule has 0 amide bonds. The van der Waals surface area contributed by atoms with Gasteiger partial charge in [-0.05, 0) is 123 Å². The minimum Gasteiger partial charge on any atom is -0.494 e. The number of ether oxygens (including phenoxy) is 3. The number of aliphatic hydroxyl groups is 1. The van der Waals surface area contributed by atoms with E-state index in [0.717, 1.165) is 163 Å². The lowest BCUT2D eigenvalue weighted by Gasteiger charge is -2.33. The van der Waals surface area contributed by atoms with Gasteiger partial charge in [0.25, 0.3) is 0 Å². The van der Waals surface area contributed by atoms with Crippen molar-refractivity contribution in [1.82, 2.24) is 50.1 Å². The van der Waals surface area contributed by atoms with Crippen LogP contribution in [-0.2, 0) is 41.3 Å². The zero-order valence-electron chi connectivity index (χ0n) is 41.8. The highest BCUT2D eigenvalue weighted by Crippen LogP contribution is 2.60. The Hall–Kier alpha value is -6.58. The highest BCUT2D eigenvalue weighted by atomic mass is 16.5. The van der Waals surface area contributed by atoms with Crippen LogP contribution in [0.25, 0.3) is 67.1 Å². The van der Waals surface area contributed by atoms with Gasteiger partial charge in [-0.1, -0.05) is 36.4 Å². The summed E-state index contributed by atoms with van der Waals surface area (Å²) in [6.45, 7) is 7.15. The fourth-order valence-corrected chi connectivity index (χ4v) is 13.8. The van der Waals surface area contributed by atoms with E-state index < -0.39 is 0 Å². The normalized spacial score (nSPS) is 24.0. The van der Waals surface area contributed by atoms with Crippen molar-refractivity contribution in [2.45, 2.75) is 81.1 Å². The van der Waals surface area contributed by atoms with E-state index >= 15 is 0 Å². The number of hydrogen-bond acceptors (Lipinski definition) is 12. The monoisotopic (exact) mass is 974 g/mol. The van der Waals surface area contributed by atoms with E-state index in [-0.39, 0.29) is 17.4 Å². The maximum atomic E-state index is 9.30. The first-order valence-electron chi connectivity index (χ1n) is 26.6. The number of H-pyrrole nitrogens is 2. The Labute approximate surface area is 424 Å². The van der Waals surface area contributed by atoms with Crippen LogP contribution in [-0.4, -0.2) is 128 Å². The molecule has 9 heterocycles. The van der Waals surface area contributed by atoms with Crippen LogP contribution in [0.15, 0.2) is 85.2 Å². The number of β-amino-alcohol motifs (C(OH)–C–C–N with tert-alkyl or cyclic N) is 1. The molecule has 3 N–H and O–H groups in total. The number of benzene rings is 2. The minimum atomic E-state index is 0.161. The Morgan fingerprint density at radius 1 is 0.658 bits per heavy atom. The van der Waals surface area contributed by atoms with Crippen molar-refractivity contribution in [2.75, 3.05) is 66.8 Å². The molecule has 14 nitrogen and oxygen atoms in total. The van der Waals surface area contributed by atoms with Gasteiger partial charge in [0, 0.05) is 121 Å². The first kappa shape index (κ1) is 45.1. The van der Waals surface area contributed by atoms with Gasteiger partial charge in [-0.15, -0.1) is 0 Å². The van der Waals surface area contributed by atoms with Crippen LogP contribution in [0, 0.1) is 11.8 Å². The van der Waals surface area contributed by atoms with Gasteiger partial charge in [-0.25, -0.2) is 9.97 Å². The molecule has 0 radical (unpaired) electrons. The predicted molar refractivity (Wildman–Crippen MR) is 281 cm³/mol. The number of hydrogen-bond donors (Lipinski definition) is 3. The molecule has 14 heteroatoms. The molecule has 4 unspecified atom stereocenters. The number of piperidine rings is 2. The molecule has 372 valence electrons. The fourth-order valence-electron chi connectivity index (χ4n) is 13.8. The highest BCUT2D eigenvalue weighted by Gasteiger charge is 2.63. The third-order valence-corrected chi connectivity index (χ3v) is 17.8. The molecule has 73 heavy (non-hydrogen) atoms. The molecule has 6 aromatic heterocycles. The van der Waals surface area contributed by atoms with Gasteiger partial charge < -0.3 is 19.3 Å². The van der Waals surface area contributed by atoms with Crippen molar-refractivity contribution in [1.29, 1.82) is 0 Å². The van der Waals surface area contributed by atoms with Gasteiger partial charge in [0.15, 0.2) is 0 Å². The van der Waals surface area contributed by atoms with Gasteiger partial charge in [0.1, 0.15) is 45.3 Å². The molecular weight excluding hydrogens is 913 g/mol. The lowest BCUT2D eigenvalue weighted by atomic mass is 9.98. The molecule has 15 rings (SSSR count). The summed E-state index contributed by atoms with van der Waals surface area (Å²) in [4.78, 5) is 25.2. The summed E-state index contributed by atoms with van der Waals surface area (Å²) in [5.41, 5.74) is 19.6. The Morgan fingerprint density at radius 3 is 1.73 bits per heavy atom. The van der Waals surface area contributed by atoms with Crippen molar-refractivity contribution in [3.63, 3.8) is 0 Å². The van der Waals surface area contributed by atoms with Crippen LogP contribution in [0.3, 0.4) is 0 Å². The van der Waals surface area contributed by atoms with Crippen molar-refractivity contribution in [3.05, 3.63) is 119 Å². The number of methoxy groups -OCH3 is 2. The van der Waals surface area contributed by atoms with E-state index in [1.54, 1.807) is 14.2 Å². The number of fused-ring (bicyclic) bond motifs is 6. The van der Waals surface area contributed by atoms with E-state index in [2.05, 4.69) is 90.9 Å². The molecule has 3 saturated heterocycles. The average molecular weight is 975 g/mol. The van der Waals surface area contributed by atoms with Gasteiger partial charge >= 0.3 is 0 Å². The summed E-state index contributed by atoms with van der Waals surface area (Å²) in [6.07, 6.45) is 15.5. The first-order valence-corrected chi connectivity index (χ1v) is 26.6. The number of likely N-dealkylation sites (tertiary alicyclic amines) is 2. The zero-order valence-corrected chi connectivity index (χ0v) is 41.8. The standard InChI is InChI=1S/C31H33N5O2.C28H29N5O2/c1-37-26-14-25-30(33-29(26)24-7-3-5-19-4-2-6-23(19)24)28(35-34-25)20-8-9-27(32-16-20)31-15-21(31)17-36(18-31)22-10-12-38-13-11-22;1-35-23-12-22-27(30-26(23)21-7-3-5-17-4-2-6-20(17)21)25(32-31-22)18-8-9-24(29-14-18)28-13-19(28)15-33(16-28)10-11-34/h3,5,7-9,14,16,21-22H,2,4,6,10-13,15,17-18H2,1H3,(H,34,35);3,5,7-9,12,14,19,34H,2,4,6,10-11,13,15-16H2,1H3,(H,31,32). The maximum Gasteiger partial charge on any atom is 0.147 e. The quantitative estimate of drug-likeness (QED) is 0.113. The molecule has 5 fully saturated rings. The molecule has 0 spiro atoms. The Bertz CT molecular complexity index is 3400. The van der Waals surface area contributed by atoms with Crippen LogP contribution < -0.4 is 9.47 Å². The summed E-state index contributed by atoms with van der Waals surface area (Å²) in [5, 5.41) is 24.9. The SMILES string of the molecule is COc1cc2[nH]nc(-c3ccc(C45CC4CN(C4CCOCC4)C5)nc3)c2nc1-c1cccc2c1CCC2.COc1cc2[nH]nc(-c3ccc(C45CC4CN(CCO)C5)nc3)c2nc1-c1cccc2c1CCC2. The van der Waals surface area contributed by atoms with Crippen molar-refractivity contribution in [3.8, 4) is 56.5 Å². The van der Waals surface area contributed by atoms with Crippen molar-refractivity contribution in [2.24, 2.45) is 11.8 Å². The van der Waals surface area contributed by atoms with E-state index in [9.17, 15) is 5.11 Å². The molecule has 8 aromatic rings. The summed E-state index contributed by atoms with van der Waals surface area (Å²) in [6, 6.07) is 26.5. The van der Waals surface area contributed by atoms with Crippen molar-refractivity contribution >= 4 is 22.1 Å².